The first-order valence-corrected chi connectivity index (χ1v) is 30.2. The molecule has 0 aromatic rings. The Hall–Kier alpha value is -3.12. The Kier molecular flexibility index (Phi) is 23.3. The summed E-state index contributed by atoms with van der Waals surface area (Å²) in [6.45, 7) is 10.4. The second-order valence-corrected chi connectivity index (χ2v) is 26.6. The van der Waals surface area contributed by atoms with Crippen molar-refractivity contribution >= 4 is 0 Å². The third-order valence-electron chi connectivity index (χ3n) is 20.7. The fourth-order valence-corrected chi connectivity index (χ4v) is 15.3. The molecule has 4 aliphatic carbocycles. The normalized spacial score (nSPS) is 43.5. The minimum absolute atomic E-state index is 0.0596. The van der Waals surface area contributed by atoms with Crippen LogP contribution >= 0.6 is 0 Å². The highest BCUT2D eigenvalue weighted by Crippen LogP contribution is 2.75. The summed E-state index contributed by atoms with van der Waals surface area (Å²) in [5, 5.41) is 214. The highest BCUT2D eigenvalue weighted by molar-refractivity contribution is 5.31. The van der Waals surface area contributed by atoms with Crippen LogP contribution in [0, 0.1) is 39.4 Å². The van der Waals surface area contributed by atoms with E-state index in [-0.39, 0.29) is 47.8 Å². The van der Waals surface area contributed by atoms with Gasteiger partial charge in [0.1, 0.15) is 73.2 Å². The molecule has 19 unspecified atom stereocenters. The summed E-state index contributed by atoms with van der Waals surface area (Å²) in [4.78, 5) is 0. The largest absolute Gasteiger partial charge is 0.506 e. The fourth-order valence-electron chi connectivity index (χ4n) is 15.3. The molecule has 502 valence electrons. The average molecular weight is 1260 g/mol. The zero-order valence-corrected chi connectivity index (χ0v) is 50.5. The van der Waals surface area contributed by atoms with Crippen molar-refractivity contribution in [3.8, 4) is 0 Å². The molecule has 3 saturated carbocycles. The van der Waals surface area contributed by atoms with Crippen LogP contribution < -0.4 is 0 Å². The van der Waals surface area contributed by atoms with E-state index in [4.69, 9.17) is 43.0 Å². The summed E-state index contributed by atoms with van der Waals surface area (Å²) < 4.78 is 47.1. The van der Waals surface area contributed by atoms with Gasteiger partial charge >= 0.3 is 0 Å². The quantitative estimate of drug-likeness (QED) is 0.0396. The molecule has 0 spiro atoms. The molecule has 5 fully saturated rings. The number of fused-ring (bicyclic) bond motifs is 5. The van der Waals surface area contributed by atoms with Crippen LogP contribution in [0.3, 0.4) is 0 Å². The van der Waals surface area contributed by atoms with Crippen LogP contribution in [0.1, 0.15) is 126 Å². The molecule has 7 aliphatic rings. The van der Waals surface area contributed by atoms with Crippen LogP contribution in [-0.2, 0) is 37.9 Å². The third kappa shape index (κ3) is 14.1. The first-order valence-electron chi connectivity index (χ1n) is 30.2. The van der Waals surface area contributed by atoms with E-state index in [2.05, 4.69) is 40.7 Å². The van der Waals surface area contributed by atoms with E-state index in [1.54, 1.807) is 0 Å². The van der Waals surface area contributed by atoms with Gasteiger partial charge < -0.3 is 140 Å². The van der Waals surface area contributed by atoms with E-state index in [1.165, 1.54) is 13.8 Å². The van der Waals surface area contributed by atoms with Crippen molar-refractivity contribution in [3.63, 3.8) is 0 Å². The van der Waals surface area contributed by atoms with Gasteiger partial charge in [0.2, 0.25) is 18.3 Å². The van der Waals surface area contributed by atoms with Gasteiger partial charge in [-0.1, -0.05) is 46.3 Å². The van der Waals surface area contributed by atoms with Gasteiger partial charge in [-0.25, -0.2) is 0 Å². The lowest BCUT2D eigenvalue weighted by Crippen LogP contribution is -2.65. The molecule has 0 bridgehead atoms. The number of aliphatic hydroxyl groups is 20. The summed E-state index contributed by atoms with van der Waals surface area (Å²) in [6.07, 6.45) is -26.0. The topological polar surface area (TPSA) is 478 Å². The lowest BCUT2D eigenvalue weighted by molar-refractivity contribution is -0.365. The fraction of sp³-hybridized carbons (Fsp3) is 0.864. The van der Waals surface area contributed by atoms with Crippen LogP contribution in [0.2, 0.25) is 0 Å². The van der Waals surface area contributed by atoms with Crippen molar-refractivity contribution in [2.75, 3.05) is 33.0 Å². The van der Waals surface area contributed by atoms with E-state index in [1.807, 2.05) is 0 Å². The van der Waals surface area contributed by atoms with Crippen LogP contribution in [0.25, 0.3) is 0 Å². The molecule has 0 amide bonds. The number of rotatable bonds is 20. The highest BCUT2D eigenvalue weighted by Gasteiger charge is 2.68. The Bertz CT molecular complexity index is 2410. The van der Waals surface area contributed by atoms with E-state index < -0.39 is 214 Å². The van der Waals surface area contributed by atoms with Crippen molar-refractivity contribution < 1.29 is 140 Å². The molecule has 28 heteroatoms. The van der Waals surface area contributed by atoms with Gasteiger partial charge in [0, 0.05) is 43.8 Å². The average Bonchev–Trinajstić information content (AvgIpc) is 1.73. The number of allylic oxidation sites excluding steroid dienone is 1. The Labute approximate surface area is 505 Å². The number of hydrogen-bond acceptors (Lipinski definition) is 28. The first kappa shape index (κ1) is 71.3. The molecule has 2 saturated heterocycles. The molecule has 0 radical (unpaired) electrons. The van der Waals surface area contributed by atoms with Gasteiger partial charge in [0.05, 0.1) is 37.6 Å². The minimum atomic E-state index is -2.55. The first-order chi connectivity index (χ1) is 40.7. The molecule has 25 atom stereocenters. The van der Waals surface area contributed by atoms with Gasteiger partial charge in [-0.15, -0.1) is 0 Å². The monoisotopic (exact) mass is 1250 g/mol. The Morgan fingerprint density at radius 2 is 1.29 bits per heavy atom. The molecule has 0 aromatic carbocycles. The highest BCUT2D eigenvalue weighted by atomic mass is 16.7. The molecular formula is C59H98O28. The summed E-state index contributed by atoms with van der Waals surface area (Å²) in [7, 11) is 0. The number of hydrogen-bond donors (Lipinski definition) is 20. The lowest BCUT2D eigenvalue weighted by Gasteiger charge is -2.66. The van der Waals surface area contributed by atoms with Gasteiger partial charge in [0.25, 0.3) is 6.29 Å². The molecule has 28 nitrogen and oxygen atoms in total. The van der Waals surface area contributed by atoms with Crippen LogP contribution in [0.4, 0.5) is 0 Å². The van der Waals surface area contributed by atoms with Crippen molar-refractivity contribution in [3.05, 3.63) is 46.2 Å². The molecule has 87 heavy (non-hydrogen) atoms. The minimum Gasteiger partial charge on any atom is -0.506 e. The summed E-state index contributed by atoms with van der Waals surface area (Å²) in [5.74, 6) is -6.41. The van der Waals surface area contributed by atoms with E-state index in [0.717, 1.165) is 18.4 Å². The number of aliphatic hydroxyl groups excluding tert-OH is 19. The van der Waals surface area contributed by atoms with Crippen molar-refractivity contribution in [1.82, 2.24) is 0 Å². The standard InChI is InChI=1S/C59H98O28/c1-55(2)26-8-11-35-57(5,27(26)9-12-36(55)85-53-45(74)42(71)48(34(25-63)83-53)87-54-44(73)41(70)40(69)33(24-62)82-54)19-20-58(6)28(14-18-59(35,58)7)32-10-13-37(56(3,4)79)84-52(78)49(86-51(77)46(75)47(81-32)31(66)16-22-61)39(68)30(65)17-23-80-50(76)43(72)38(67)29(64)15-21-60/h8,27-37,40-42,44-45,48,50-54,60-79H,9-25H2,1-7H3/b43-38-,47-46+,49-39+/t27?,28-,29?,30?,31?,32-,33?,34?,35?,36+,37?,40?,41?,42?,44?,45?,48?,50?,51?,52?,53?,54?,57+,58-,59+/m1/s1. The van der Waals surface area contributed by atoms with E-state index >= 15 is 0 Å². The summed E-state index contributed by atoms with van der Waals surface area (Å²) >= 11 is 0. The summed E-state index contributed by atoms with van der Waals surface area (Å²) in [5.41, 5.74) is -2.36. The molecule has 7 rings (SSSR count). The van der Waals surface area contributed by atoms with E-state index in [9.17, 15) is 97.0 Å². The van der Waals surface area contributed by atoms with E-state index in [0.29, 0.717) is 32.1 Å². The summed E-state index contributed by atoms with van der Waals surface area (Å²) in [6, 6.07) is 0. The Morgan fingerprint density at radius 3 is 1.92 bits per heavy atom. The smallest absolute Gasteiger partial charge is 0.259 e. The lowest BCUT2D eigenvalue weighted by atomic mass is 9.39. The maximum atomic E-state index is 11.8. The van der Waals surface area contributed by atoms with Gasteiger partial charge in [-0.05, 0) is 99.7 Å². The van der Waals surface area contributed by atoms with Crippen LogP contribution in [-0.4, -0.2) is 258 Å². The second kappa shape index (κ2) is 28.4. The zero-order valence-electron chi connectivity index (χ0n) is 50.5. The van der Waals surface area contributed by atoms with Crippen LogP contribution in [0.5, 0.6) is 0 Å². The van der Waals surface area contributed by atoms with Gasteiger partial charge in [0.15, 0.2) is 41.4 Å². The molecule has 0 aromatic heterocycles. The van der Waals surface area contributed by atoms with Gasteiger partial charge in [-0.3, -0.25) is 0 Å². The van der Waals surface area contributed by atoms with Crippen LogP contribution in [0.15, 0.2) is 46.2 Å². The predicted molar refractivity (Wildman–Crippen MR) is 298 cm³/mol. The number of ether oxygens (including phenoxy) is 8. The molecule has 20 N–H and O–H groups in total. The maximum Gasteiger partial charge on any atom is 0.259 e. The van der Waals surface area contributed by atoms with Gasteiger partial charge in [-0.2, -0.15) is 0 Å². The maximum absolute atomic E-state index is 11.8. The Morgan fingerprint density at radius 1 is 0.655 bits per heavy atom. The predicted octanol–water partition coefficient (Wildman–Crippen LogP) is -0.971. The second-order valence-electron chi connectivity index (χ2n) is 26.6. The molecule has 3 aliphatic heterocycles. The Balaban J connectivity index is 1.11. The third-order valence-corrected chi connectivity index (χ3v) is 20.7. The van der Waals surface area contributed by atoms with Crippen molar-refractivity contribution in [1.29, 1.82) is 0 Å². The molecular weight excluding hydrogens is 1160 g/mol. The van der Waals surface area contributed by atoms with Crippen molar-refractivity contribution in [2.45, 2.75) is 248 Å². The van der Waals surface area contributed by atoms with Crippen molar-refractivity contribution in [2.24, 2.45) is 39.4 Å². The zero-order chi connectivity index (χ0) is 64.6. The SMILES string of the molecule is CC(C)(O)C1CC[C@H]([C@H]2CC[C@@]3(C)C4CC=C5C(CC[C@H](OC6OC(CO)C(OC7OC(CO)C(O)C(O)C7O)C(O)C6O)C5(C)C)[C@]4(C)CC[C@]23C)O/C(C(O)CCO)=C(/O)C(O)O/C(=C(/O)C(O)CCOC(O)/C(O)=C(/O)C(O)CCO)C(O)O1. The molecule has 3 heterocycles.